The lowest BCUT2D eigenvalue weighted by Crippen LogP contribution is -2.36. The highest BCUT2D eigenvalue weighted by Crippen LogP contribution is 2.29. The van der Waals surface area contributed by atoms with Gasteiger partial charge in [0.25, 0.3) is 15.0 Å². The number of amides is 1. The summed E-state index contributed by atoms with van der Waals surface area (Å²) < 4.78 is 28.2. The fourth-order valence-corrected chi connectivity index (χ4v) is 2.69. The van der Waals surface area contributed by atoms with Crippen LogP contribution in [0.1, 0.15) is 6.92 Å². The summed E-state index contributed by atoms with van der Waals surface area (Å²) in [7, 11) is 1.43. The van der Waals surface area contributed by atoms with Gasteiger partial charge in [0.05, 0.1) is 9.37 Å². The molecule has 0 aromatic heterocycles. The molecule has 1 rings (SSSR count). The Kier molecular flexibility index (Phi) is 6.04. The Morgan fingerprint density at radius 3 is 2.75 bits per heavy atom. The van der Waals surface area contributed by atoms with E-state index in [9.17, 15) is 13.2 Å². The Morgan fingerprint density at radius 1 is 1.60 bits per heavy atom. The number of hydrogen-bond donors (Lipinski definition) is 1. The maximum absolute atomic E-state index is 11.6. The van der Waals surface area contributed by atoms with Gasteiger partial charge in [-0.3, -0.25) is 4.79 Å². The summed E-state index contributed by atoms with van der Waals surface area (Å²) in [5.74, 6) is 0.0427. The smallest absolute Gasteiger partial charge is 0.261 e. The molecule has 0 saturated heterocycles. The van der Waals surface area contributed by atoms with Gasteiger partial charge in [0.15, 0.2) is 6.10 Å². The Bertz CT molecular complexity index is 618. The Morgan fingerprint density at radius 2 is 2.25 bits per heavy atom. The molecule has 110 valence electrons. The zero-order chi connectivity index (χ0) is 15.3. The molecule has 1 amide bonds. The highest BCUT2D eigenvalue weighted by Gasteiger charge is 2.17. The summed E-state index contributed by atoms with van der Waals surface area (Å²) in [5.41, 5.74) is 0. The summed E-state index contributed by atoms with van der Waals surface area (Å²) in [6, 6.07) is 4.04. The highest BCUT2D eigenvalue weighted by molar-refractivity contribution is 9.10. The van der Waals surface area contributed by atoms with E-state index in [1.54, 1.807) is 13.0 Å². The molecule has 1 aromatic carbocycles. The molecule has 1 aromatic rings. The predicted octanol–water partition coefficient (Wildman–Crippen LogP) is 2.45. The maximum Gasteiger partial charge on any atom is 0.261 e. The van der Waals surface area contributed by atoms with Crippen LogP contribution in [0.5, 0.6) is 5.75 Å². The number of benzene rings is 1. The van der Waals surface area contributed by atoms with Crippen molar-refractivity contribution in [3.8, 4) is 5.75 Å². The zero-order valence-electron chi connectivity index (χ0n) is 10.6. The molecule has 0 heterocycles. The third kappa shape index (κ3) is 4.81. The number of rotatable bonds is 6. The van der Waals surface area contributed by atoms with E-state index in [-0.39, 0.29) is 10.8 Å². The summed E-state index contributed by atoms with van der Waals surface area (Å²) in [4.78, 5) is 11.6. The van der Waals surface area contributed by atoms with Gasteiger partial charge in [-0.25, -0.2) is 8.42 Å². The van der Waals surface area contributed by atoms with Crippen LogP contribution >= 0.6 is 26.6 Å². The molecule has 0 fully saturated rings. The molecule has 0 bridgehead atoms. The number of halogens is 2. The van der Waals surface area contributed by atoms with Crippen molar-refractivity contribution in [2.75, 3.05) is 6.54 Å². The van der Waals surface area contributed by atoms with Crippen molar-refractivity contribution in [2.24, 2.45) is 0 Å². The minimum atomic E-state index is -3.80. The Balaban J connectivity index is 2.84. The van der Waals surface area contributed by atoms with Crippen molar-refractivity contribution < 1.29 is 17.9 Å². The number of carbonyl (C=O) groups is 1. The van der Waals surface area contributed by atoms with Crippen LogP contribution in [0.2, 0.25) is 0 Å². The number of hydrogen-bond acceptors (Lipinski definition) is 4. The van der Waals surface area contributed by atoms with Gasteiger partial charge in [-0.05, 0) is 41.1 Å². The molecule has 8 heteroatoms. The summed E-state index contributed by atoms with van der Waals surface area (Å²) in [5, 5.41) is 2.59. The highest BCUT2D eigenvalue weighted by atomic mass is 79.9. The lowest BCUT2D eigenvalue weighted by molar-refractivity contribution is -0.127. The standard InChI is InChI=1S/C12H13BrClNO4S/c1-3-6-15-12(16)8(2)19-11-5-4-9(7-10(11)13)20(14,17)18/h3-5,7-8H,1,6H2,2H3,(H,15,16). The fraction of sp³-hybridized carbons (Fsp3) is 0.250. The molecule has 1 N–H and O–H groups in total. The Labute approximate surface area is 130 Å². The van der Waals surface area contributed by atoms with E-state index in [1.165, 1.54) is 18.2 Å². The van der Waals surface area contributed by atoms with Gasteiger partial charge in [-0.2, -0.15) is 0 Å². The number of carbonyl (C=O) groups excluding carboxylic acids is 1. The third-order valence-corrected chi connectivity index (χ3v) is 4.25. The topological polar surface area (TPSA) is 72.5 Å². The van der Waals surface area contributed by atoms with Crippen molar-refractivity contribution in [1.29, 1.82) is 0 Å². The van der Waals surface area contributed by atoms with E-state index in [0.717, 1.165) is 0 Å². The number of ether oxygens (including phenoxy) is 1. The molecule has 20 heavy (non-hydrogen) atoms. The predicted molar refractivity (Wildman–Crippen MR) is 80.5 cm³/mol. The maximum atomic E-state index is 11.6. The molecular formula is C12H13BrClNO4S. The van der Waals surface area contributed by atoms with Crippen molar-refractivity contribution in [2.45, 2.75) is 17.9 Å². The van der Waals surface area contributed by atoms with Crippen LogP contribution in [0.4, 0.5) is 0 Å². The second-order valence-electron chi connectivity index (χ2n) is 3.82. The minimum Gasteiger partial charge on any atom is -0.480 e. The first kappa shape index (κ1) is 17.0. The molecule has 1 atom stereocenters. The molecule has 5 nitrogen and oxygen atoms in total. The van der Waals surface area contributed by atoms with E-state index in [0.29, 0.717) is 16.8 Å². The average molecular weight is 383 g/mol. The van der Waals surface area contributed by atoms with Gasteiger partial charge in [0.2, 0.25) is 0 Å². The average Bonchev–Trinajstić information content (AvgIpc) is 2.36. The zero-order valence-corrected chi connectivity index (χ0v) is 13.8. The lowest BCUT2D eigenvalue weighted by atomic mass is 10.3. The van der Waals surface area contributed by atoms with Crippen LogP contribution in [-0.4, -0.2) is 27.0 Å². The van der Waals surface area contributed by atoms with E-state index in [4.69, 9.17) is 15.4 Å². The summed E-state index contributed by atoms with van der Waals surface area (Å²) in [6.07, 6.45) is 0.824. The van der Waals surface area contributed by atoms with Crippen molar-refractivity contribution in [3.05, 3.63) is 35.3 Å². The molecule has 0 saturated carbocycles. The molecule has 0 spiro atoms. The van der Waals surface area contributed by atoms with Crippen LogP contribution in [0, 0.1) is 0 Å². The van der Waals surface area contributed by atoms with Crippen LogP contribution in [-0.2, 0) is 13.8 Å². The largest absolute Gasteiger partial charge is 0.480 e. The van der Waals surface area contributed by atoms with Gasteiger partial charge in [-0.1, -0.05) is 6.08 Å². The van der Waals surface area contributed by atoms with Crippen LogP contribution < -0.4 is 10.1 Å². The second kappa shape index (κ2) is 7.10. The Hall–Kier alpha value is -1.05. The van der Waals surface area contributed by atoms with Gasteiger partial charge < -0.3 is 10.1 Å². The van der Waals surface area contributed by atoms with Crippen molar-refractivity contribution in [3.63, 3.8) is 0 Å². The molecular weight excluding hydrogens is 370 g/mol. The fourth-order valence-electron chi connectivity index (χ4n) is 1.29. The minimum absolute atomic E-state index is 0.0536. The molecule has 1 unspecified atom stereocenters. The third-order valence-electron chi connectivity index (χ3n) is 2.28. The van der Waals surface area contributed by atoms with E-state index in [2.05, 4.69) is 27.8 Å². The lowest BCUT2D eigenvalue weighted by Gasteiger charge is -2.15. The van der Waals surface area contributed by atoms with Crippen LogP contribution in [0.15, 0.2) is 40.2 Å². The van der Waals surface area contributed by atoms with Crippen LogP contribution in [0.3, 0.4) is 0 Å². The van der Waals surface area contributed by atoms with Gasteiger partial charge in [0.1, 0.15) is 5.75 Å². The molecule has 0 aliphatic rings. The second-order valence-corrected chi connectivity index (χ2v) is 7.24. The number of nitrogens with one attached hydrogen (secondary N) is 1. The summed E-state index contributed by atoms with van der Waals surface area (Å²) >= 11 is 3.17. The molecule has 0 radical (unpaired) electrons. The first-order valence-corrected chi connectivity index (χ1v) is 8.65. The van der Waals surface area contributed by atoms with E-state index >= 15 is 0 Å². The molecule has 0 aliphatic heterocycles. The quantitative estimate of drug-likeness (QED) is 0.606. The molecule has 0 aliphatic carbocycles. The SMILES string of the molecule is C=CCNC(=O)C(C)Oc1ccc(S(=O)(=O)Cl)cc1Br. The van der Waals surface area contributed by atoms with Crippen molar-refractivity contribution in [1.82, 2.24) is 5.32 Å². The van der Waals surface area contributed by atoms with Gasteiger partial charge >= 0.3 is 0 Å². The van der Waals surface area contributed by atoms with Crippen LogP contribution in [0.25, 0.3) is 0 Å². The van der Waals surface area contributed by atoms with E-state index in [1.807, 2.05) is 0 Å². The first-order valence-electron chi connectivity index (χ1n) is 5.55. The summed E-state index contributed by atoms with van der Waals surface area (Å²) in [6.45, 7) is 5.42. The van der Waals surface area contributed by atoms with Gasteiger partial charge in [-0.15, -0.1) is 6.58 Å². The van der Waals surface area contributed by atoms with Gasteiger partial charge in [0, 0.05) is 17.2 Å². The normalized spacial score (nSPS) is 12.6. The monoisotopic (exact) mass is 381 g/mol. The first-order chi connectivity index (χ1) is 9.25. The van der Waals surface area contributed by atoms with Crippen molar-refractivity contribution >= 4 is 41.6 Å². The van der Waals surface area contributed by atoms with E-state index < -0.39 is 15.2 Å².